The summed E-state index contributed by atoms with van der Waals surface area (Å²) >= 11 is 0. The van der Waals surface area contributed by atoms with Crippen molar-refractivity contribution in [1.29, 1.82) is 0 Å². The van der Waals surface area contributed by atoms with Gasteiger partial charge in [0.1, 0.15) is 0 Å². The molecule has 4 nitrogen and oxygen atoms in total. The predicted molar refractivity (Wildman–Crippen MR) is 125 cm³/mol. The van der Waals surface area contributed by atoms with Crippen LogP contribution in [0.2, 0.25) is 0 Å². The number of hydrogen-bond donors (Lipinski definition) is 3. The van der Waals surface area contributed by atoms with Gasteiger partial charge in [-0.3, -0.25) is 4.90 Å². The molecule has 5 fully saturated rings. The summed E-state index contributed by atoms with van der Waals surface area (Å²) < 4.78 is 0. The van der Waals surface area contributed by atoms with Gasteiger partial charge in [0, 0.05) is 32.0 Å². The summed E-state index contributed by atoms with van der Waals surface area (Å²) in [7, 11) is 0. The second kappa shape index (κ2) is 15.6. The van der Waals surface area contributed by atoms with Gasteiger partial charge in [0.2, 0.25) is 0 Å². The summed E-state index contributed by atoms with van der Waals surface area (Å²) in [5.41, 5.74) is 0. The summed E-state index contributed by atoms with van der Waals surface area (Å²) in [6, 6.07) is 0. The van der Waals surface area contributed by atoms with Crippen molar-refractivity contribution in [3.63, 3.8) is 0 Å². The molecule has 0 aromatic rings. The van der Waals surface area contributed by atoms with Gasteiger partial charge >= 0.3 is 0 Å². The quantitative estimate of drug-likeness (QED) is 0.522. The maximum absolute atomic E-state index is 2.64. The lowest BCUT2D eigenvalue weighted by Crippen LogP contribution is -3.17. The summed E-state index contributed by atoms with van der Waals surface area (Å²) in [4.78, 5) is 6.27. The Morgan fingerprint density at radius 3 is 2.10 bits per heavy atom. The third kappa shape index (κ3) is 10.6. The van der Waals surface area contributed by atoms with Crippen LogP contribution in [0.5, 0.6) is 0 Å². The van der Waals surface area contributed by atoms with E-state index in [1.54, 1.807) is 4.90 Å². The topological polar surface area (TPSA) is 28.7 Å². The highest BCUT2D eigenvalue weighted by atomic mass is 15.3. The van der Waals surface area contributed by atoms with E-state index >= 15 is 0 Å². The molecule has 0 spiro atoms. The molecule has 0 radical (unpaired) electrons. The second-order valence-corrected chi connectivity index (χ2v) is 10.1. The molecular weight excluding hydrogens is 356 g/mol. The molecule has 4 aliphatic heterocycles. The van der Waals surface area contributed by atoms with Crippen molar-refractivity contribution in [2.75, 3.05) is 72.0 Å². The highest BCUT2D eigenvalue weighted by molar-refractivity contribution is 4.70. The van der Waals surface area contributed by atoms with Gasteiger partial charge in [0.15, 0.2) is 0 Å². The van der Waals surface area contributed by atoms with Crippen molar-refractivity contribution in [3.05, 3.63) is 0 Å². The van der Waals surface area contributed by atoms with Gasteiger partial charge in [0.05, 0.1) is 52.4 Å². The zero-order valence-electron chi connectivity index (χ0n) is 20.3. The Morgan fingerprint density at radius 1 is 0.862 bits per heavy atom. The first-order valence-corrected chi connectivity index (χ1v) is 13.5. The smallest absolute Gasteiger partial charge is 0.0900 e. The van der Waals surface area contributed by atoms with Crippen LogP contribution in [-0.2, 0) is 0 Å². The van der Waals surface area contributed by atoms with Gasteiger partial charge in [-0.25, -0.2) is 0 Å². The molecule has 4 heterocycles. The fourth-order valence-corrected chi connectivity index (χ4v) is 5.38. The maximum atomic E-state index is 2.64. The van der Waals surface area contributed by atoms with Crippen molar-refractivity contribution in [2.24, 2.45) is 11.8 Å². The fraction of sp³-hybridized carbons (Fsp3) is 1.00. The molecule has 1 aliphatic carbocycles. The number of nitrogens with two attached hydrogens (primary N) is 1. The summed E-state index contributed by atoms with van der Waals surface area (Å²) in [6.45, 7) is 21.9. The lowest BCUT2D eigenvalue weighted by atomic mass is 9.86. The van der Waals surface area contributed by atoms with Crippen molar-refractivity contribution in [3.8, 4) is 0 Å². The zero-order valence-corrected chi connectivity index (χ0v) is 20.3. The summed E-state index contributed by atoms with van der Waals surface area (Å²) in [6.07, 6.45) is 13.3. The molecular formula is C25H55N4+3. The molecule has 1 saturated carbocycles. The fourth-order valence-electron chi connectivity index (χ4n) is 5.38. The third-order valence-corrected chi connectivity index (χ3v) is 7.83. The molecule has 29 heavy (non-hydrogen) atoms. The van der Waals surface area contributed by atoms with E-state index in [9.17, 15) is 0 Å². The molecule has 0 amide bonds. The molecule has 4 saturated heterocycles. The first-order chi connectivity index (χ1) is 14.2. The van der Waals surface area contributed by atoms with Crippen LogP contribution in [0.4, 0.5) is 0 Å². The van der Waals surface area contributed by atoms with Crippen molar-refractivity contribution < 1.29 is 15.1 Å². The monoisotopic (exact) mass is 411 g/mol. The Bertz CT molecular complexity index is 354. The lowest BCUT2D eigenvalue weighted by molar-refractivity contribution is -0.937. The normalized spacial score (nSPS) is 29.7. The first kappa shape index (κ1) is 25.1. The van der Waals surface area contributed by atoms with Crippen molar-refractivity contribution in [1.82, 2.24) is 4.90 Å². The molecule has 5 aliphatic rings. The summed E-state index contributed by atoms with van der Waals surface area (Å²) in [5.74, 6) is 2.07. The Labute approximate surface area is 182 Å². The third-order valence-electron chi connectivity index (χ3n) is 7.83. The molecule has 1 atom stereocenters. The van der Waals surface area contributed by atoms with E-state index < -0.39 is 0 Å². The number of nitrogens with zero attached hydrogens (tertiary/aromatic N) is 1. The van der Waals surface area contributed by atoms with Gasteiger partial charge in [-0.1, -0.05) is 39.0 Å². The SMILES string of the molecule is CCC1CN2CC[NH+](CC2)C1.CC[NH+]1CCC1.CC[NH2+]CCCC1CCCCC1. The number of nitrogens with one attached hydrogen (secondary N) is 2. The largest absolute Gasteiger partial charge is 0.346 e. The minimum absolute atomic E-state index is 0.981. The van der Waals surface area contributed by atoms with Crippen LogP contribution in [0.1, 0.15) is 78.6 Å². The van der Waals surface area contributed by atoms with Gasteiger partial charge in [-0.2, -0.15) is 0 Å². The number of rotatable bonds is 7. The number of fused-ring (bicyclic) bond motifs is 4. The van der Waals surface area contributed by atoms with Crippen LogP contribution >= 0.6 is 0 Å². The van der Waals surface area contributed by atoms with E-state index in [0.717, 1.165) is 11.8 Å². The average Bonchev–Trinajstić information content (AvgIpc) is 3.06. The Kier molecular flexibility index (Phi) is 13.5. The number of quaternary nitrogens is 3. The van der Waals surface area contributed by atoms with Crippen molar-refractivity contribution >= 4 is 0 Å². The van der Waals surface area contributed by atoms with Gasteiger partial charge in [-0.15, -0.1) is 0 Å². The second-order valence-electron chi connectivity index (χ2n) is 10.1. The van der Waals surface area contributed by atoms with Crippen LogP contribution in [0.3, 0.4) is 0 Å². The molecule has 0 aromatic heterocycles. The predicted octanol–water partition coefficient (Wildman–Crippen LogP) is 0.452. The maximum Gasteiger partial charge on any atom is 0.0900 e. The van der Waals surface area contributed by atoms with Crippen LogP contribution in [0.15, 0.2) is 0 Å². The molecule has 4 N–H and O–H groups in total. The molecule has 4 heteroatoms. The molecule has 1 unspecified atom stereocenters. The van der Waals surface area contributed by atoms with Crippen LogP contribution in [0, 0.1) is 11.8 Å². The highest BCUT2D eigenvalue weighted by Gasteiger charge is 2.28. The lowest BCUT2D eigenvalue weighted by Gasteiger charge is -2.26. The van der Waals surface area contributed by atoms with E-state index in [1.807, 2.05) is 4.90 Å². The van der Waals surface area contributed by atoms with Crippen LogP contribution < -0.4 is 15.1 Å². The van der Waals surface area contributed by atoms with E-state index in [1.165, 1.54) is 130 Å². The van der Waals surface area contributed by atoms with Crippen LogP contribution in [0.25, 0.3) is 0 Å². The van der Waals surface area contributed by atoms with E-state index in [2.05, 4.69) is 31.0 Å². The van der Waals surface area contributed by atoms with E-state index in [4.69, 9.17) is 0 Å². The summed E-state index contributed by atoms with van der Waals surface area (Å²) in [5, 5.41) is 2.42. The Hall–Kier alpha value is -0.160. The molecule has 2 bridgehead atoms. The van der Waals surface area contributed by atoms with Gasteiger partial charge in [0.25, 0.3) is 0 Å². The molecule has 172 valence electrons. The number of hydrogen-bond acceptors (Lipinski definition) is 1. The zero-order chi connectivity index (χ0) is 20.7. The van der Waals surface area contributed by atoms with E-state index in [-0.39, 0.29) is 0 Å². The number of piperazine rings is 1. The van der Waals surface area contributed by atoms with Gasteiger partial charge in [-0.05, 0) is 39.0 Å². The number of likely N-dealkylation sites (tertiary alicyclic amines) is 1. The minimum atomic E-state index is 0.981. The first-order valence-electron chi connectivity index (χ1n) is 13.5. The Balaban J connectivity index is 0.000000163. The highest BCUT2D eigenvalue weighted by Crippen LogP contribution is 2.26. The van der Waals surface area contributed by atoms with Crippen molar-refractivity contribution in [2.45, 2.75) is 78.6 Å². The standard InChI is InChI=1S/C11H23N.C9H18N2.C5H11N/c1-2-12-10-6-9-11-7-4-3-5-8-11;1-2-9-7-10-3-4-11(8-9)6-5-10;1-2-6-4-3-5-6/h11-12H,2-10H2,1H3;9H,2-8H2,1H3;2-5H2,1H3/p+3. The molecule has 5 rings (SSSR count). The average molecular weight is 412 g/mol. The Morgan fingerprint density at radius 2 is 1.59 bits per heavy atom. The minimum Gasteiger partial charge on any atom is -0.346 e. The van der Waals surface area contributed by atoms with Gasteiger partial charge < -0.3 is 15.1 Å². The molecule has 0 aromatic carbocycles. The van der Waals surface area contributed by atoms with E-state index in [0.29, 0.717) is 0 Å². The van der Waals surface area contributed by atoms with Crippen LogP contribution in [-0.4, -0.2) is 76.9 Å².